The summed E-state index contributed by atoms with van der Waals surface area (Å²) in [4.78, 5) is 39.5. The summed E-state index contributed by atoms with van der Waals surface area (Å²) in [7, 11) is 0. The van der Waals surface area contributed by atoms with Gasteiger partial charge in [0.05, 0.1) is 24.3 Å². The number of aromatic nitrogens is 2. The Morgan fingerprint density at radius 2 is 1.73 bits per heavy atom. The Kier molecular flexibility index (Phi) is 6.70. The quantitative estimate of drug-likeness (QED) is 0.292. The van der Waals surface area contributed by atoms with E-state index in [1.807, 2.05) is 37.3 Å². The molecule has 9 heteroatoms. The van der Waals surface area contributed by atoms with E-state index >= 15 is 0 Å². The minimum absolute atomic E-state index is 0.00668. The number of rotatable bonds is 7. The molecule has 0 saturated heterocycles. The summed E-state index contributed by atoms with van der Waals surface area (Å²) in [5, 5.41) is 11.6. The van der Waals surface area contributed by atoms with E-state index < -0.39 is 11.5 Å². The van der Waals surface area contributed by atoms with Gasteiger partial charge in [-0.2, -0.15) is 9.78 Å². The highest BCUT2D eigenvalue weighted by Crippen LogP contribution is 2.31. The van der Waals surface area contributed by atoms with E-state index in [0.717, 1.165) is 26.8 Å². The topological polar surface area (TPSA) is 99.5 Å². The SMILES string of the molecule is CCOC(=O)c1nn(-c2ccc(OCC)cc2)c(=O)c2c(NC(=O)c3ccc4ccccc4c3)scc12. The molecule has 0 bridgehead atoms. The second-order valence-electron chi connectivity index (χ2n) is 8.08. The Hall–Kier alpha value is -4.50. The Morgan fingerprint density at radius 1 is 0.973 bits per heavy atom. The van der Waals surface area contributed by atoms with Crippen molar-refractivity contribution < 1.29 is 19.1 Å². The van der Waals surface area contributed by atoms with E-state index in [-0.39, 0.29) is 23.6 Å². The monoisotopic (exact) mass is 513 g/mol. The number of hydrogen-bond acceptors (Lipinski definition) is 7. The zero-order chi connectivity index (χ0) is 25.9. The minimum atomic E-state index is -0.655. The van der Waals surface area contributed by atoms with Crippen molar-refractivity contribution in [2.24, 2.45) is 0 Å². The first-order valence-corrected chi connectivity index (χ1v) is 12.6. The first-order chi connectivity index (χ1) is 18.0. The van der Waals surface area contributed by atoms with Crippen molar-refractivity contribution in [2.75, 3.05) is 18.5 Å². The minimum Gasteiger partial charge on any atom is -0.494 e. The number of nitrogens with zero attached hydrogens (tertiary/aromatic N) is 2. The maximum atomic E-state index is 13.6. The van der Waals surface area contributed by atoms with Gasteiger partial charge < -0.3 is 14.8 Å². The van der Waals surface area contributed by atoms with E-state index in [2.05, 4.69) is 10.4 Å². The van der Waals surface area contributed by atoms with Crippen molar-refractivity contribution >= 4 is 49.8 Å². The van der Waals surface area contributed by atoms with Crippen LogP contribution in [0.15, 0.2) is 76.9 Å². The highest BCUT2D eigenvalue weighted by molar-refractivity contribution is 7.16. The summed E-state index contributed by atoms with van der Waals surface area (Å²) in [6, 6.07) is 19.9. The van der Waals surface area contributed by atoms with Gasteiger partial charge in [0.25, 0.3) is 11.5 Å². The van der Waals surface area contributed by atoms with E-state index in [1.54, 1.807) is 48.7 Å². The molecule has 1 amide bonds. The molecule has 0 spiro atoms. The molecule has 0 aliphatic rings. The third kappa shape index (κ3) is 4.68. The van der Waals surface area contributed by atoms with Crippen LogP contribution in [0.4, 0.5) is 5.00 Å². The van der Waals surface area contributed by atoms with Crippen LogP contribution in [-0.4, -0.2) is 34.9 Å². The third-order valence-electron chi connectivity index (χ3n) is 5.75. The van der Waals surface area contributed by atoms with E-state index in [0.29, 0.717) is 34.0 Å². The maximum Gasteiger partial charge on any atom is 0.359 e. The van der Waals surface area contributed by atoms with Gasteiger partial charge in [-0.3, -0.25) is 9.59 Å². The van der Waals surface area contributed by atoms with Crippen LogP contribution in [0.25, 0.3) is 27.2 Å². The second-order valence-corrected chi connectivity index (χ2v) is 8.96. The number of hydrogen-bond donors (Lipinski definition) is 1. The lowest BCUT2D eigenvalue weighted by atomic mass is 10.1. The van der Waals surface area contributed by atoms with Crippen LogP contribution in [0.3, 0.4) is 0 Å². The number of carbonyl (C=O) groups excluding carboxylic acids is 2. The first kappa shape index (κ1) is 24.2. The van der Waals surface area contributed by atoms with Crippen LogP contribution in [0.1, 0.15) is 34.7 Å². The van der Waals surface area contributed by atoms with E-state index in [1.165, 1.54) is 0 Å². The fourth-order valence-corrected chi connectivity index (χ4v) is 4.95. The van der Waals surface area contributed by atoms with Gasteiger partial charge in [-0.1, -0.05) is 30.3 Å². The second kappa shape index (κ2) is 10.2. The van der Waals surface area contributed by atoms with Crippen molar-refractivity contribution in [3.8, 4) is 11.4 Å². The summed E-state index contributed by atoms with van der Waals surface area (Å²) >= 11 is 1.15. The zero-order valence-electron chi connectivity index (χ0n) is 20.2. The molecule has 0 saturated carbocycles. The molecule has 0 atom stereocenters. The van der Waals surface area contributed by atoms with Crippen LogP contribution in [0.2, 0.25) is 0 Å². The smallest absolute Gasteiger partial charge is 0.359 e. The Bertz CT molecular complexity index is 1690. The molecule has 0 fully saturated rings. The van der Waals surface area contributed by atoms with Crippen LogP contribution >= 0.6 is 11.3 Å². The Labute approximate surface area is 216 Å². The summed E-state index contributed by atoms with van der Waals surface area (Å²) in [6.45, 7) is 4.23. The van der Waals surface area contributed by atoms with Gasteiger partial charge in [-0.15, -0.1) is 11.3 Å². The predicted molar refractivity (Wildman–Crippen MR) is 144 cm³/mol. The summed E-state index contributed by atoms with van der Waals surface area (Å²) in [6.07, 6.45) is 0. The number of thiophene rings is 1. The average Bonchev–Trinajstić information content (AvgIpc) is 3.33. The molecule has 5 rings (SSSR count). The highest BCUT2D eigenvalue weighted by atomic mass is 32.1. The standard InChI is InChI=1S/C28H23N3O5S/c1-3-35-21-13-11-20(12-14-21)31-27(33)23-22(24(30-31)28(34)36-4-2)16-37-26(23)29-25(32)19-10-9-17-7-5-6-8-18(17)15-19/h5-16H,3-4H2,1-2H3,(H,29,32). The normalized spacial score (nSPS) is 11.0. The fraction of sp³-hybridized carbons (Fsp3) is 0.143. The average molecular weight is 514 g/mol. The third-order valence-corrected chi connectivity index (χ3v) is 6.65. The molecule has 0 aliphatic heterocycles. The molecule has 0 radical (unpaired) electrons. The van der Waals surface area contributed by atoms with Crippen molar-refractivity contribution in [3.05, 3.63) is 93.7 Å². The number of esters is 1. The van der Waals surface area contributed by atoms with Crippen molar-refractivity contribution in [2.45, 2.75) is 13.8 Å². The number of ether oxygens (including phenoxy) is 2. The molecule has 5 aromatic rings. The van der Waals surface area contributed by atoms with E-state index in [9.17, 15) is 14.4 Å². The molecular formula is C28H23N3O5S. The number of fused-ring (bicyclic) bond motifs is 2. The zero-order valence-corrected chi connectivity index (χ0v) is 21.0. The molecule has 2 aromatic heterocycles. The molecule has 2 heterocycles. The molecule has 0 unspecified atom stereocenters. The fourth-order valence-electron chi connectivity index (χ4n) is 4.02. The van der Waals surface area contributed by atoms with Crippen LogP contribution in [0, 0.1) is 0 Å². The lowest BCUT2D eigenvalue weighted by Crippen LogP contribution is -2.25. The van der Waals surface area contributed by atoms with Gasteiger partial charge in [0.2, 0.25) is 0 Å². The van der Waals surface area contributed by atoms with Crippen LogP contribution < -0.4 is 15.6 Å². The summed E-state index contributed by atoms with van der Waals surface area (Å²) in [5.74, 6) is -0.377. The lowest BCUT2D eigenvalue weighted by molar-refractivity contribution is 0.0520. The lowest BCUT2D eigenvalue weighted by Gasteiger charge is -2.11. The van der Waals surface area contributed by atoms with Crippen molar-refractivity contribution in [1.82, 2.24) is 9.78 Å². The highest BCUT2D eigenvalue weighted by Gasteiger charge is 2.23. The van der Waals surface area contributed by atoms with Gasteiger partial charge >= 0.3 is 5.97 Å². The molecule has 186 valence electrons. The number of amides is 1. The van der Waals surface area contributed by atoms with Crippen molar-refractivity contribution in [1.29, 1.82) is 0 Å². The predicted octanol–water partition coefficient (Wildman–Crippen LogP) is 5.43. The van der Waals surface area contributed by atoms with Crippen LogP contribution in [0.5, 0.6) is 5.75 Å². The molecule has 0 aliphatic carbocycles. The molecule has 37 heavy (non-hydrogen) atoms. The molecule has 3 aromatic carbocycles. The molecule has 1 N–H and O–H groups in total. The number of nitrogens with one attached hydrogen (secondary N) is 1. The van der Waals surface area contributed by atoms with Crippen LogP contribution in [-0.2, 0) is 4.74 Å². The van der Waals surface area contributed by atoms with Gasteiger partial charge in [-0.05, 0) is 61.0 Å². The van der Waals surface area contributed by atoms with Gasteiger partial charge in [0, 0.05) is 16.3 Å². The van der Waals surface area contributed by atoms with E-state index in [4.69, 9.17) is 9.47 Å². The molecule has 8 nitrogen and oxygen atoms in total. The number of benzene rings is 3. The van der Waals surface area contributed by atoms with Crippen molar-refractivity contribution in [3.63, 3.8) is 0 Å². The summed E-state index contributed by atoms with van der Waals surface area (Å²) in [5.41, 5.74) is 0.417. The molecular weight excluding hydrogens is 490 g/mol. The summed E-state index contributed by atoms with van der Waals surface area (Å²) < 4.78 is 11.8. The number of carbonyl (C=O) groups is 2. The largest absolute Gasteiger partial charge is 0.494 e. The number of anilines is 1. The Balaban J connectivity index is 1.60. The van der Waals surface area contributed by atoms with Gasteiger partial charge in [0.15, 0.2) is 5.69 Å². The maximum absolute atomic E-state index is 13.6. The van der Waals surface area contributed by atoms with Gasteiger partial charge in [-0.25, -0.2) is 4.79 Å². The van der Waals surface area contributed by atoms with Gasteiger partial charge in [0.1, 0.15) is 10.8 Å². The Morgan fingerprint density at radius 3 is 2.46 bits per heavy atom. The first-order valence-electron chi connectivity index (χ1n) is 11.7.